The highest BCUT2D eigenvalue weighted by Crippen LogP contribution is 2.27. The van der Waals surface area contributed by atoms with E-state index in [1.54, 1.807) is 6.07 Å². The van der Waals surface area contributed by atoms with Crippen LogP contribution < -0.4 is 4.74 Å². The summed E-state index contributed by atoms with van der Waals surface area (Å²) in [7, 11) is 0. The fraction of sp³-hybridized carbons (Fsp3) is 0.467. The molecule has 0 spiro atoms. The van der Waals surface area contributed by atoms with E-state index in [9.17, 15) is 9.59 Å². The van der Waals surface area contributed by atoms with Crippen molar-refractivity contribution < 1.29 is 19.4 Å². The largest absolute Gasteiger partial charge is 0.493 e. The molecule has 0 aliphatic heterocycles. The number of aliphatic carboxylic acids is 1. The third-order valence-corrected chi connectivity index (χ3v) is 2.80. The molecule has 0 unspecified atom stereocenters. The van der Waals surface area contributed by atoms with Gasteiger partial charge in [-0.1, -0.05) is 6.07 Å². The van der Waals surface area contributed by atoms with Crippen LogP contribution >= 0.6 is 0 Å². The summed E-state index contributed by atoms with van der Waals surface area (Å²) >= 11 is 0. The lowest BCUT2D eigenvalue weighted by atomic mass is 9.99. The number of Topliss-reactive ketones (excluding diaryl/α,β-unsaturated/α-hetero) is 1. The van der Waals surface area contributed by atoms with Crippen molar-refractivity contribution in [1.82, 2.24) is 0 Å². The third kappa shape index (κ3) is 4.39. The maximum absolute atomic E-state index is 12.2. The minimum absolute atomic E-state index is 0.0144. The maximum Gasteiger partial charge on any atom is 0.303 e. The van der Waals surface area contributed by atoms with Crippen LogP contribution in [0.3, 0.4) is 0 Å². The summed E-state index contributed by atoms with van der Waals surface area (Å²) < 4.78 is 5.53. The van der Waals surface area contributed by atoms with Crippen molar-refractivity contribution in [3.8, 4) is 5.75 Å². The van der Waals surface area contributed by atoms with Gasteiger partial charge in [-0.15, -0.1) is 0 Å². The summed E-state index contributed by atoms with van der Waals surface area (Å²) in [5.41, 5.74) is 2.50. The van der Waals surface area contributed by atoms with Crippen LogP contribution in [0.15, 0.2) is 12.1 Å². The molecule has 0 atom stereocenters. The molecule has 0 aliphatic carbocycles. The first kappa shape index (κ1) is 15.2. The zero-order valence-corrected chi connectivity index (χ0v) is 11.7. The fourth-order valence-electron chi connectivity index (χ4n) is 2.03. The number of aryl methyl sites for hydroxylation is 2. The van der Waals surface area contributed by atoms with Crippen molar-refractivity contribution in [1.29, 1.82) is 0 Å². The van der Waals surface area contributed by atoms with Crippen molar-refractivity contribution in [2.24, 2.45) is 0 Å². The quantitative estimate of drug-likeness (QED) is 0.768. The molecule has 1 aromatic rings. The average molecular weight is 264 g/mol. The van der Waals surface area contributed by atoms with E-state index >= 15 is 0 Å². The van der Waals surface area contributed by atoms with Crippen LogP contribution in [-0.2, 0) is 4.79 Å². The maximum atomic E-state index is 12.2. The van der Waals surface area contributed by atoms with E-state index in [4.69, 9.17) is 9.84 Å². The van der Waals surface area contributed by atoms with Gasteiger partial charge in [0.25, 0.3) is 0 Å². The normalized spacial score (nSPS) is 10.3. The smallest absolute Gasteiger partial charge is 0.303 e. The Balaban J connectivity index is 2.91. The van der Waals surface area contributed by atoms with E-state index in [1.165, 1.54) is 0 Å². The zero-order chi connectivity index (χ0) is 14.4. The Morgan fingerprint density at radius 1 is 1.21 bits per heavy atom. The first-order valence-electron chi connectivity index (χ1n) is 6.44. The Bertz CT molecular complexity index is 477. The Labute approximate surface area is 113 Å². The number of carbonyl (C=O) groups is 2. The van der Waals surface area contributed by atoms with E-state index in [2.05, 4.69) is 0 Å². The molecule has 4 heteroatoms. The van der Waals surface area contributed by atoms with Crippen LogP contribution in [-0.4, -0.2) is 23.5 Å². The second-order valence-corrected chi connectivity index (χ2v) is 4.56. The number of benzene rings is 1. The molecular formula is C15H20O4. The highest BCUT2D eigenvalue weighted by molar-refractivity contribution is 5.99. The molecule has 104 valence electrons. The van der Waals surface area contributed by atoms with Crippen LogP contribution in [0.25, 0.3) is 0 Å². The molecule has 0 fully saturated rings. The predicted octanol–water partition coefficient (Wildman–Crippen LogP) is 3.14. The van der Waals surface area contributed by atoms with Gasteiger partial charge in [-0.25, -0.2) is 0 Å². The van der Waals surface area contributed by atoms with Crippen LogP contribution in [0.4, 0.5) is 0 Å². The van der Waals surface area contributed by atoms with Gasteiger partial charge in [0.15, 0.2) is 5.78 Å². The summed E-state index contributed by atoms with van der Waals surface area (Å²) in [6.45, 7) is 6.21. The number of carboxylic acid groups (broad SMARTS) is 1. The number of hydrogen-bond acceptors (Lipinski definition) is 3. The summed E-state index contributed by atoms with van der Waals surface area (Å²) in [6.07, 6.45) is 0.600. The van der Waals surface area contributed by atoms with Gasteiger partial charge in [-0.05, 0) is 44.4 Å². The predicted molar refractivity (Wildman–Crippen MR) is 72.9 cm³/mol. The molecule has 0 saturated carbocycles. The Hall–Kier alpha value is -1.84. The number of ether oxygens (including phenoxy) is 1. The second kappa shape index (κ2) is 6.92. The SMILES string of the molecule is CCOc1c(C)cc(C)cc1C(=O)CCCC(=O)O. The number of hydrogen-bond donors (Lipinski definition) is 1. The Morgan fingerprint density at radius 3 is 2.47 bits per heavy atom. The second-order valence-electron chi connectivity index (χ2n) is 4.56. The molecule has 0 aromatic heterocycles. The number of carboxylic acids is 1. The molecular weight excluding hydrogens is 244 g/mol. The lowest BCUT2D eigenvalue weighted by molar-refractivity contribution is -0.137. The first-order chi connectivity index (χ1) is 8.95. The van der Waals surface area contributed by atoms with Crippen LogP contribution in [0.5, 0.6) is 5.75 Å². The van der Waals surface area contributed by atoms with Gasteiger partial charge in [-0.2, -0.15) is 0 Å². The average Bonchev–Trinajstić information content (AvgIpc) is 2.31. The summed E-state index contributed by atoms with van der Waals surface area (Å²) in [5.74, 6) is -0.317. The van der Waals surface area contributed by atoms with Gasteiger partial charge in [0.2, 0.25) is 0 Å². The molecule has 0 radical (unpaired) electrons. The molecule has 19 heavy (non-hydrogen) atoms. The van der Waals surface area contributed by atoms with Gasteiger partial charge in [-0.3, -0.25) is 9.59 Å². The molecule has 1 aromatic carbocycles. The molecule has 0 heterocycles. The Kier molecular flexibility index (Phi) is 5.55. The molecule has 0 bridgehead atoms. The number of carbonyl (C=O) groups excluding carboxylic acids is 1. The highest BCUT2D eigenvalue weighted by Gasteiger charge is 2.15. The highest BCUT2D eigenvalue weighted by atomic mass is 16.5. The standard InChI is InChI=1S/C15H20O4/c1-4-19-15-11(3)8-10(2)9-12(15)13(16)6-5-7-14(17)18/h8-9H,4-7H2,1-3H3,(H,17,18). The summed E-state index contributed by atoms with van der Waals surface area (Å²) in [4.78, 5) is 22.6. The molecule has 1 N–H and O–H groups in total. The van der Waals surface area contributed by atoms with Gasteiger partial charge in [0, 0.05) is 12.8 Å². The molecule has 0 amide bonds. The Morgan fingerprint density at radius 2 is 1.89 bits per heavy atom. The summed E-state index contributed by atoms with van der Waals surface area (Å²) in [5, 5.41) is 8.59. The first-order valence-corrected chi connectivity index (χ1v) is 6.44. The summed E-state index contributed by atoms with van der Waals surface area (Å²) in [6, 6.07) is 3.78. The van der Waals surface area contributed by atoms with Crippen molar-refractivity contribution in [2.75, 3.05) is 6.61 Å². The van der Waals surface area contributed by atoms with Crippen LogP contribution in [0, 0.1) is 13.8 Å². The molecule has 4 nitrogen and oxygen atoms in total. The lowest BCUT2D eigenvalue weighted by Crippen LogP contribution is -2.07. The van der Waals surface area contributed by atoms with Crippen LogP contribution in [0.1, 0.15) is 47.7 Å². The van der Waals surface area contributed by atoms with E-state index in [-0.39, 0.29) is 18.6 Å². The van der Waals surface area contributed by atoms with Gasteiger partial charge >= 0.3 is 5.97 Å². The van der Waals surface area contributed by atoms with Crippen molar-refractivity contribution >= 4 is 11.8 Å². The van der Waals surface area contributed by atoms with Gasteiger partial charge < -0.3 is 9.84 Å². The minimum Gasteiger partial charge on any atom is -0.493 e. The van der Waals surface area contributed by atoms with E-state index in [1.807, 2.05) is 26.8 Å². The number of rotatable bonds is 7. The van der Waals surface area contributed by atoms with E-state index < -0.39 is 5.97 Å². The van der Waals surface area contributed by atoms with E-state index in [0.717, 1.165) is 11.1 Å². The van der Waals surface area contributed by atoms with Crippen molar-refractivity contribution in [3.63, 3.8) is 0 Å². The third-order valence-electron chi connectivity index (χ3n) is 2.80. The van der Waals surface area contributed by atoms with Crippen molar-refractivity contribution in [3.05, 3.63) is 28.8 Å². The van der Waals surface area contributed by atoms with Crippen LogP contribution in [0.2, 0.25) is 0 Å². The molecule has 1 rings (SSSR count). The molecule has 0 aliphatic rings. The number of ketones is 1. The van der Waals surface area contributed by atoms with E-state index in [0.29, 0.717) is 24.3 Å². The van der Waals surface area contributed by atoms with Gasteiger partial charge in [0.1, 0.15) is 5.75 Å². The zero-order valence-electron chi connectivity index (χ0n) is 11.7. The lowest BCUT2D eigenvalue weighted by Gasteiger charge is -2.13. The molecule has 0 saturated heterocycles. The van der Waals surface area contributed by atoms with Crippen molar-refractivity contribution in [2.45, 2.75) is 40.0 Å². The minimum atomic E-state index is -0.877. The topological polar surface area (TPSA) is 63.6 Å². The fourth-order valence-corrected chi connectivity index (χ4v) is 2.03. The monoisotopic (exact) mass is 264 g/mol. The van der Waals surface area contributed by atoms with Gasteiger partial charge in [0.05, 0.1) is 12.2 Å².